The Morgan fingerprint density at radius 3 is 2.47 bits per heavy atom. The van der Waals surface area contributed by atoms with Gasteiger partial charge in [0.2, 0.25) is 0 Å². The quantitative estimate of drug-likeness (QED) is 0.864. The van der Waals surface area contributed by atoms with Crippen LogP contribution in [0.25, 0.3) is 0 Å². The lowest BCUT2D eigenvalue weighted by molar-refractivity contribution is 0.318. The highest BCUT2D eigenvalue weighted by molar-refractivity contribution is 7.90. The molecular formula is C11H14FNO3S. The molecule has 0 spiro atoms. The highest BCUT2D eigenvalue weighted by atomic mass is 32.2. The predicted octanol–water partition coefficient (Wildman–Crippen LogP) is 1.28. The zero-order valence-electron chi connectivity index (χ0n) is 9.39. The zero-order valence-corrected chi connectivity index (χ0v) is 10.2. The van der Waals surface area contributed by atoms with Crippen LogP contribution in [0.1, 0.15) is 0 Å². The molecular weight excluding hydrogens is 245 g/mol. The van der Waals surface area contributed by atoms with E-state index in [-0.39, 0.29) is 18.0 Å². The molecule has 0 saturated heterocycles. The SMILES string of the molecule is CS(=O)(=O)c1ccc(OC/C(F)=C/CN)cc1. The fourth-order valence-corrected chi connectivity index (χ4v) is 1.75. The van der Waals surface area contributed by atoms with E-state index in [9.17, 15) is 12.8 Å². The van der Waals surface area contributed by atoms with Gasteiger partial charge in [0.1, 0.15) is 18.2 Å². The Labute approximate surface area is 99.8 Å². The van der Waals surface area contributed by atoms with E-state index >= 15 is 0 Å². The topological polar surface area (TPSA) is 69.4 Å². The molecule has 94 valence electrons. The summed E-state index contributed by atoms with van der Waals surface area (Å²) in [6, 6.07) is 5.78. The molecule has 17 heavy (non-hydrogen) atoms. The summed E-state index contributed by atoms with van der Waals surface area (Å²) in [5.41, 5.74) is 5.13. The number of nitrogens with two attached hydrogens (primary N) is 1. The van der Waals surface area contributed by atoms with E-state index < -0.39 is 15.7 Å². The smallest absolute Gasteiger partial charge is 0.175 e. The molecule has 0 atom stereocenters. The van der Waals surface area contributed by atoms with Crippen LogP contribution in [-0.4, -0.2) is 27.8 Å². The molecule has 0 fully saturated rings. The summed E-state index contributed by atoms with van der Waals surface area (Å²) in [7, 11) is -3.22. The first-order valence-corrected chi connectivity index (χ1v) is 6.80. The molecule has 1 aromatic carbocycles. The van der Waals surface area contributed by atoms with Crippen LogP contribution in [0.5, 0.6) is 5.75 Å². The first-order valence-electron chi connectivity index (χ1n) is 4.91. The number of halogens is 1. The van der Waals surface area contributed by atoms with Crippen molar-refractivity contribution in [3.63, 3.8) is 0 Å². The van der Waals surface area contributed by atoms with E-state index in [0.717, 1.165) is 6.26 Å². The van der Waals surface area contributed by atoms with Crippen molar-refractivity contribution in [3.8, 4) is 5.75 Å². The van der Waals surface area contributed by atoms with E-state index in [1.54, 1.807) is 0 Å². The minimum atomic E-state index is -3.22. The number of rotatable bonds is 5. The van der Waals surface area contributed by atoms with Gasteiger partial charge in [-0.2, -0.15) is 0 Å². The maximum atomic E-state index is 12.9. The van der Waals surface area contributed by atoms with Gasteiger partial charge in [-0.3, -0.25) is 0 Å². The first kappa shape index (κ1) is 13.7. The van der Waals surface area contributed by atoms with E-state index in [1.165, 1.54) is 30.3 Å². The van der Waals surface area contributed by atoms with Crippen LogP contribution in [0.2, 0.25) is 0 Å². The van der Waals surface area contributed by atoms with Crippen LogP contribution in [-0.2, 0) is 9.84 Å². The van der Waals surface area contributed by atoms with Crippen LogP contribution in [0.4, 0.5) is 4.39 Å². The summed E-state index contributed by atoms with van der Waals surface area (Å²) >= 11 is 0. The molecule has 4 nitrogen and oxygen atoms in total. The van der Waals surface area contributed by atoms with Gasteiger partial charge in [-0.15, -0.1) is 0 Å². The molecule has 1 aromatic rings. The molecule has 0 aromatic heterocycles. The van der Waals surface area contributed by atoms with E-state index in [4.69, 9.17) is 10.5 Å². The fraction of sp³-hybridized carbons (Fsp3) is 0.273. The third-order valence-corrected chi connectivity index (χ3v) is 3.10. The van der Waals surface area contributed by atoms with Gasteiger partial charge in [0.25, 0.3) is 0 Å². The Kier molecular flexibility index (Phi) is 4.65. The summed E-state index contributed by atoms with van der Waals surface area (Å²) in [6.45, 7) is -0.0996. The molecule has 6 heteroatoms. The third-order valence-electron chi connectivity index (χ3n) is 1.97. The molecule has 2 N–H and O–H groups in total. The Morgan fingerprint density at radius 2 is 2.00 bits per heavy atom. The molecule has 1 rings (SSSR count). The van der Waals surface area contributed by atoms with Crippen molar-refractivity contribution in [2.75, 3.05) is 19.4 Å². The standard InChI is InChI=1S/C11H14FNO3S/c1-17(14,15)11-4-2-10(3-5-11)16-8-9(12)6-7-13/h2-6H,7-8,13H2,1H3/b9-6-. The van der Waals surface area contributed by atoms with Crippen LogP contribution < -0.4 is 10.5 Å². The molecule has 0 aliphatic rings. The highest BCUT2D eigenvalue weighted by Crippen LogP contribution is 2.16. The molecule has 0 saturated carbocycles. The second-order valence-corrected chi connectivity index (χ2v) is 5.43. The van der Waals surface area contributed by atoms with Crippen LogP contribution in [0.15, 0.2) is 41.1 Å². The number of hydrogen-bond acceptors (Lipinski definition) is 4. The lowest BCUT2D eigenvalue weighted by atomic mass is 10.3. The Bertz CT molecular complexity index is 494. The zero-order chi connectivity index (χ0) is 12.9. The molecule has 0 aliphatic carbocycles. The van der Waals surface area contributed by atoms with Gasteiger partial charge >= 0.3 is 0 Å². The second-order valence-electron chi connectivity index (χ2n) is 3.42. The van der Waals surface area contributed by atoms with Crippen LogP contribution >= 0.6 is 0 Å². The van der Waals surface area contributed by atoms with Gasteiger partial charge in [-0.25, -0.2) is 12.8 Å². The Hall–Kier alpha value is -1.40. The number of hydrogen-bond donors (Lipinski definition) is 1. The van der Waals surface area contributed by atoms with Crippen molar-refractivity contribution in [3.05, 3.63) is 36.2 Å². The van der Waals surface area contributed by atoms with Crippen molar-refractivity contribution in [2.45, 2.75) is 4.90 Å². The lowest BCUT2D eigenvalue weighted by Crippen LogP contribution is -2.02. The van der Waals surface area contributed by atoms with Crippen LogP contribution in [0.3, 0.4) is 0 Å². The molecule has 0 bridgehead atoms. The predicted molar refractivity (Wildman–Crippen MR) is 63.3 cm³/mol. The fourth-order valence-electron chi connectivity index (χ4n) is 1.12. The summed E-state index contributed by atoms with van der Waals surface area (Å²) in [6.07, 6.45) is 2.33. The number of benzene rings is 1. The van der Waals surface area contributed by atoms with E-state index in [1.807, 2.05) is 0 Å². The number of ether oxygens (including phenoxy) is 1. The highest BCUT2D eigenvalue weighted by Gasteiger charge is 2.06. The first-order chi connectivity index (χ1) is 7.93. The van der Waals surface area contributed by atoms with Gasteiger partial charge in [0, 0.05) is 12.8 Å². The molecule has 0 aliphatic heterocycles. The van der Waals surface area contributed by atoms with Crippen LogP contribution in [0, 0.1) is 0 Å². The Morgan fingerprint density at radius 1 is 1.41 bits per heavy atom. The van der Waals surface area contributed by atoms with Gasteiger partial charge in [-0.1, -0.05) is 0 Å². The molecule has 0 heterocycles. The van der Waals surface area contributed by atoms with Gasteiger partial charge in [-0.05, 0) is 30.3 Å². The molecule has 0 radical (unpaired) electrons. The monoisotopic (exact) mass is 259 g/mol. The minimum absolute atomic E-state index is 0.113. The maximum absolute atomic E-state index is 12.9. The average molecular weight is 259 g/mol. The third kappa shape index (κ3) is 4.54. The van der Waals surface area contributed by atoms with Gasteiger partial charge in [0.05, 0.1) is 4.90 Å². The van der Waals surface area contributed by atoms with Crippen molar-refractivity contribution in [1.82, 2.24) is 0 Å². The minimum Gasteiger partial charge on any atom is -0.487 e. The normalized spacial score (nSPS) is 12.5. The summed E-state index contributed by atoms with van der Waals surface area (Å²) < 4.78 is 40.4. The second kappa shape index (κ2) is 5.79. The van der Waals surface area contributed by atoms with Gasteiger partial charge in [0.15, 0.2) is 9.84 Å². The van der Waals surface area contributed by atoms with E-state index in [0.29, 0.717) is 5.75 Å². The maximum Gasteiger partial charge on any atom is 0.175 e. The van der Waals surface area contributed by atoms with Crippen molar-refractivity contribution < 1.29 is 17.5 Å². The van der Waals surface area contributed by atoms with Crippen molar-refractivity contribution in [2.24, 2.45) is 5.73 Å². The summed E-state index contributed by atoms with van der Waals surface area (Å²) in [5.74, 6) is -0.0577. The Balaban J connectivity index is 2.67. The van der Waals surface area contributed by atoms with Crippen molar-refractivity contribution in [1.29, 1.82) is 0 Å². The summed E-state index contributed by atoms with van der Waals surface area (Å²) in [5, 5.41) is 0. The molecule has 0 unspecified atom stereocenters. The number of sulfone groups is 1. The van der Waals surface area contributed by atoms with Crippen molar-refractivity contribution >= 4 is 9.84 Å². The van der Waals surface area contributed by atoms with E-state index in [2.05, 4.69) is 0 Å². The summed E-state index contributed by atoms with van der Waals surface area (Å²) in [4.78, 5) is 0.197. The largest absolute Gasteiger partial charge is 0.487 e. The average Bonchev–Trinajstić information content (AvgIpc) is 2.26. The molecule has 0 amide bonds. The van der Waals surface area contributed by atoms with Gasteiger partial charge < -0.3 is 10.5 Å². The lowest BCUT2D eigenvalue weighted by Gasteiger charge is -2.05.